The molecule has 0 spiro atoms. The van der Waals surface area contributed by atoms with Gasteiger partial charge >= 0.3 is 0 Å². The van der Waals surface area contributed by atoms with Crippen LogP contribution in [0, 0.1) is 15.9 Å². The van der Waals surface area contributed by atoms with E-state index in [1.54, 1.807) is 0 Å². The van der Waals surface area contributed by atoms with E-state index in [1.807, 2.05) is 0 Å². The van der Waals surface area contributed by atoms with Crippen LogP contribution in [0.1, 0.15) is 39.5 Å². The second kappa shape index (κ2) is 6.93. The van der Waals surface area contributed by atoms with Gasteiger partial charge in [-0.1, -0.05) is 26.7 Å². The minimum Gasteiger partial charge on any atom is -0.377 e. The van der Waals surface area contributed by atoms with Crippen LogP contribution in [0.3, 0.4) is 0 Å². The molecular weight excluding hydrogens is 235 g/mol. The van der Waals surface area contributed by atoms with Gasteiger partial charge in [0.15, 0.2) is 0 Å². The zero-order valence-corrected chi connectivity index (χ0v) is 10.8. The number of hydrogen-bond acceptors (Lipinski definition) is 3. The lowest BCUT2D eigenvalue weighted by Crippen LogP contribution is -2.19. The second-order valence-corrected chi connectivity index (χ2v) is 4.34. The van der Waals surface area contributed by atoms with Crippen molar-refractivity contribution in [3.63, 3.8) is 0 Å². The third kappa shape index (κ3) is 3.98. The topological polar surface area (TPSA) is 55.2 Å². The van der Waals surface area contributed by atoms with Gasteiger partial charge in [0.25, 0.3) is 5.69 Å². The van der Waals surface area contributed by atoms with E-state index in [2.05, 4.69) is 19.2 Å². The van der Waals surface area contributed by atoms with Gasteiger partial charge in [-0.05, 0) is 25.0 Å². The zero-order valence-electron chi connectivity index (χ0n) is 10.8. The van der Waals surface area contributed by atoms with Gasteiger partial charge in [0.1, 0.15) is 11.5 Å². The summed E-state index contributed by atoms with van der Waals surface area (Å²) in [6.07, 6.45) is 3.91. The molecule has 0 aliphatic heterocycles. The fraction of sp³-hybridized carbons (Fsp3) is 0.538. The van der Waals surface area contributed by atoms with Gasteiger partial charge < -0.3 is 5.32 Å². The summed E-state index contributed by atoms with van der Waals surface area (Å²) in [5.74, 6) is -0.588. The summed E-state index contributed by atoms with van der Waals surface area (Å²) in [5.41, 5.74) is 0.195. The highest BCUT2D eigenvalue weighted by Crippen LogP contribution is 2.27. The average Bonchev–Trinajstić information content (AvgIpc) is 2.32. The van der Waals surface area contributed by atoms with Crippen molar-refractivity contribution in [1.82, 2.24) is 0 Å². The Labute approximate surface area is 106 Å². The van der Waals surface area contributed by atoms with Crippen LogP contribution in [-0.4, -0.2) is 11.0 Å². The largest absolute Gasteiger partial charge is 0.377 e. The van der Waals surface area contributed by atoms with Crippen molar-refractivity contribution >= 4 is 11.4 Å². The molecule has 0 bridgehead atoms. The van der Waals surface area contributed by atoms with Crippen molar-refractivity contribution in [1.29, 1.82) is 0 Å². The van der Waals surface area contributed by atoms with Gasteiger partial charge in [-0.2, -0.15) is 0 Å². The predicted molar refractivity (Wildman–Crippen MR) is 70.3 cm³/mol. The SMILES string of the molecule is CCCC(CCC)Nc1ccc(F)cc1[N+](=O)[O-]. The van der Waals surface area contributed by atoms with E-state index in [9.17, 15) is 14.5 Å². The molecule has 100 valence electrons. The summed E-state index contributed by atoms with van der Waals surface area (Å²) < 4.78 is 13.0. The van der Waals surface area contributed by atoms with Crippen molar-refractivity contribution in [2.45, 2.75) is 45.6 Å². The van der Waals surface area contributed by atoms with Gasteiger partial charge in [-0.15, -0.1) is 0 Å². The Balaban J connectivity index is 2.90. The van der Waals surface area contributed by atoms with Gasteiger partial charge in [0.2, 0.25) is 0 Å². The maximum atomic E-state index is 13.0. The third-order valence-electron chi connectivity index (χ3n) is 2.79. The minimum absolute atomic E-state index is 0.198. The number of benzene rings is 1. The quantitative estimate of drug-likeness (QED) is 0.588. The molecular formula is C13H19FN2O2. The Kier molecular flexibility index (Phi) is 5.55. The number of rotatable bonds is 7. The summed E-state index contributed by atoms with van der Waals surface area (Å²) in [6.45, 7) is 4.15. The van der Waals surface area contributed by atoms with E-state index < -0.39 is 10.7 Å². The van der Waals surface area contributed by atoms with E-state index in [1.165, 1.54) is 12.1 Å². The Morgan fingerprint density at radius 1 is 1.33 bits per heavy atom. The number of halogens is 1. The van der Waals surface area contributed by atoms with E-state index in [0.29, 0.717) is 5.69 Å². The molecule has 0 atom stereocenters. The first-order valence-corrected chi connectivity index (χ1v) is 6.29. The van der Waals surface area contributed by atoms with E-state index in [0.717, 1.165) is 31.7 Å². The molecule has 1 rings (SSSR count). The molecule has 0 heterocycles. The molecule has 0 saturated heterocycles. The van der Waals surface area contributed by atoms with Crippen LogP contribution in [0.15, 0.2) is 18.2 Å². The molecule has 0 radical (unpaired) electrons. The number of nitrogens with one attached hydrogen (secondary N) is 1. The molecule has 1 aromatic carbocycles. The summed E-state index contributed by atoms with van der Waals surface area (Å²) >= 11 is 0. The van der Waals surface area contributed by atoms with Crippen LogP contribution in [-0.2, 0) is 0 Å². The number of anilines is 1. The van der Waals surface area contributed by atoms with Crippen molar-refractivity contribution in [3.05, 3.63) is 34.1 Å². The molecule has 0 amide bonds. The lowest BCUT2D eigenvalue weighted by atomic mass is 10.1. The zero-order chi connectivity index (χ0) is 13.5. The van der Waals surface area contributed by atoms with Crippen LogP contribution in [0.25, 0.3) is 0 Å². The highest BCUT2D eigenvalue weighted by Gasteiger charge is 2.17. The molecule has 0 aliphatic carbocycles. The first-order valence-electron chi connectivity index (χ1n) is 6.29. The van der Waals surface area contributed by atoms with Gasteiger partial charge in [-0.25, -0.2) is 4.39 Å². The first-order chi connectivity index (χ1) is 8.58. The van der Waals surface area contributed by atoms with Crippen LogP contribution in [0.4, 0.5) is 15.8 Å². The highest BCUT2D eigenvalue weighted by molar-refractivity contribution is 5.61. The molecule has 0 aromatic heterocycles. The molecule has 0 saturated carbocycles. The fourth-order valence-electron chi connectivity index (χ4n) is 1.98. The van der Waals surface area contributed by atoms with Gasteiger partial charge in [-0.3, -0.25) is 10.1 Å². The molecule has 0 aliphatic rings. The van der Waals surface area contributed by atoms with Crippen LogP contribution < -0.4 is 5.32 Å². The normalized spacial score (nSPS) is 10.7. The molecule has 18 heavy (non-hydrogen) atoms. The highest BCUT2D eigenvalue weighted by atomic mass is 19.1. The summed E-state index contributed by atoms with van der Waals surface area (Å²) in [5, 5.41) is 14.0. The summed E-state index contributed by atoms with van der Waals surface area (Å²) in [4.78, 5) is 10.3. The summed E-state index contributed by atoms with van der Waals surface area (Å²) in [6, 6.07) is 3.83. The predicted octanol–water partition coefficient (Wildman–Crippen LogP) is 4.11. The monoisotopic (exact) mass is 254 g/mol. The molecule has 5 heteroatoms. The Hall–Kier alpha value is -1.65. The number of nitro benzene ring substituents is 1. The van der Waals surface area contributed by atoms with Crippen LogP contribution in [0.5, 0.6) is 0 Å². The second-order valence-electron chi connectivity index (χ2n) is 4.34. The number of nitro groups is 1. The molecule has 4 nitrogen and oxygen atoms in total. The van der Waals surface area contributed by atoms with Crippen molar-refractivity contribution in [2.75, 3.05) is 5.32 Å². The average molecular weight is 254 g/mol. The lowest BCUT2D eigenvalue weighted by molar-refractivity contribution is -0.384. The summed E-state index contributed by atoms with van der Waals surface area (Å²) in [7, 11) is 0. The van der Waals surface area contributed by atoms with E-state index in [4.69, 9.17) is 0 Å². The smallest absolute Gasteiger partial charge is 0.295 e. The van der Waals surface area contributed by atoms with Crippen LogP contribution in [0.2, 0.25) is 0 Å². The van der Waals surface area contributed by atoms with E-state index in [-0.39, 0.29) is 11.7 Å². The van der Waals surface area contributed by atoms with Gasteiger partial charge in [0, 0.05) is 6.04 Å². The Bertz CT molecular complexity index is 404. The maximum absolute atomic E-state index is 13.0. The number of hydrogen-bond donors (Lipinski definition) is 1. The molecule has 0 fully saturated rings. The van der Waals surface area contributed by atoms with Crippen LogP contribution >= 0.6 is 0 Å². The van der Waals surface area contributed by atoms with E-state index >= 15 is 0 Å². The number of nitrogens with zero attached hydrogens (tertiary/aromatic N) is 1. The van der Waals surface area contributed by atoms with Crippen molar-refractivity contribution < 1.29 is 9.31 Å². The van der Waals surface area contributed by atoms with Crippen molar-refractivity contribution in [2.24, 2.45) is 0 Å². The molecule has 1 N–H and O–H groups in total. The minimum atomic E-state index is -0.588. The fourth-order valence-corrected chi connectivity index (χ4v) is 1.98. The van der Waals surface area contributed by atoms with Gasteiger partial charge in [0.05, 0.1) is 11.0 Å². The van der Waals surface area contributed by atoms with Crippen molar-refractivity contribution in [3.8, 4) is 0 Å². The first kappa shape index (κ1) is 14.4. The maximum Gasteiger partial charge on any atom is 0.295 e. The Morgan fingerprint density at radius 3 is 2.44 bits per heavy atom. The lowest BCUT2D eigenvalue weighted by Gasteiger charge is -2.18. The molecule has 0 unspecified atom stereocenters. The third-order valence-corrected chi connectivity index (χ3v) is 2.79. The Morgan fingerprint density at radius 2 is 1.94 bits per heavy atom. The molecule has 1 aromatic rings. The standard InChI is InChI=1S/C13H19FN2O2/c1-3-5-11(6-4-2)15-12-8-7-10(14)9-13(12)16(17)18/h7-9,11,15H,3-6H2,1-2H3.